The van der Waals surface area contributed by atoms with Gasteiger partial charge in [0.05, 0.1) is 19.3 Å². The maximum atomic E-state index is 12.6. The molecular weight excluding hydrogens is 404 g/mol. The summed E-state index contributed by atoms with van der Waals surface area (Å²) in [5.41, 5.74) is 5.97. The molecule has 174 valence electrons. The number of carbonyl (C=O) groups excluding carboxylic acids is 1. The minimum atomic E-state index is -0.164. The second-order valence-electron chi connectivity index (χ2n) is 8.57. The number of hydrogen-bond acceptors (Lipinski definition) is 5. The smallest absolute Gasteiger partial charge is 0.255 e. The molecule has 3 rings (SSSR count). The molecule has 2 aromatic rings. The standard InChI is InChI=1S/C26H36N2O4/c1-18-14-20(3)21(15-19(18)2)17-28-11-8-22(9-12-28)32-25-16-23(31-5)6-7-24(25)26(29)27-10-13-30-4/h6-7,14-16,22H,8-13,17H2,1-5H3,(H,27,29). The van der Waals surface area contributed by atoms with Gasteiger partial charge in [0, 0.05) is 39.4 Å². The molecule has 1 aliphatic rings. The third-order valence-electron chi connectivity index (χ3n) is 6.20. The third-order valence-corrected chi connectivity index (χ3v) is 6.20. The molecule has 1 N–H and O–H groups in total. The van der Waals surface area contributed by atoms with E-state index in [1.54, 1.807) is 32.4 Å². The Bertz CT molecular complexity index is 920. The van der Waals surface area contributed by atoms with E-state index in [1.165, 1.54) is 22.3 Å². The first-order chi connectivity index (χ1) is 15.4. The maximum Gasteiger partial charge on any atom is 0.255 e. The predicted molar refractivity (Wildman–Crippen MR) is 127 cm³/mol. The van der Waals surface area contributed by atoms with Crippen molar-refractivity contribution in [3.63, 3.8) is 0 Å². The second-order valence-corrected chi connectivity index (χ2v) is 8.57. The number of ether oxygens (including phenoxy) is 3. The molecule has 1 fully saturated rings. The molecule has 0 aromatic heterocycles. The van der Waals surface area contributed by atoms with Gasteiger partial charge in [-0.2, -0.15) is 0 Å². The fraction of sp³-hybridized carbons (Fsp3) is 0.500. The highest BCUT2D eigenvalue weighted by atomic mass is 16.5. The van der Waals surface area contributed by atoms with Gasteiger partial charge in [-0.3, -0.25) is 9.69 Å². The summed E-state index contributed by atoms with van der Waals surface area (Å²) in [5, 5.41) is 2.87. The number of methoxy groups -OCH3 is 2. The quantitative estimate of drug-likeness (QED) is 0.597. The summed E-state index contributed by atoms with van der Waals surface area (Å²) in [6, 6.07) is 9.94. The van der Waals surface area contributed by atoms with Crippen molar-refractivity contribution < 1.29 is 19.0 Å². The van der Waals surface area contributed by atoms with E-state index in [1.807, 2.05) is 0 Å². The Morgan fingerprint density at radius 2 is 1.75 bits per heavy atom. The van der Waals surface area contributed by atoms with E-state index in [9.17, 15) is 4.79 Å². The lowest BCUT2D eigenvalue weighted by Gasteiger charge is -2.33. The van der Waals surface area contributed by atoms with Crippen molar-refractivity contribution in [3.05, 3.63) is 58.1 Å². The molecule has 1 aliphatic heterocycles. The summed E-state index contributed by atoms with van der Waals surface area (Å²) in [6.07, 6.45) is 1.92. The van der Waals surface area contributed by atoms with E-state index >= 15 is 0 Å². The number of benzene rings is 2. The van der Waals surface area contributed by atoms with Gasteiger partial charge in [0.2, 0.25) is 0 Å². The zero-order valence-electron chi connectivity index (χ0n) is 20.0. The molecule has 32 heavy (non-hydrogen) atoms. The van der Waals surface area contributed by atoms with Crippen molar-refractivity contribution in [2.45, 2.75) is 46.3 Å². The van der Waals surface area contributed by atoms with E-state index in [2.05, 4.69) is 43.1 Å². The normalized spacial score (nSPS) is 14.9. The van der Waals surface area contributed by atoms with Crippen LogP contribution in [0.3, 0.4) is 0 Å². The molecule has 0 saturated carbocycles. The van der Waals surface area contributed by atoms with Crippen LogP contribution in [0.1, 0.15) is 45.5 Å². The lowest BCUT2D eigenvalue weighted by atomic mass is 9.99. The highest BCUT2D eigenvalue weighted by molar-refractivity contribution is 5.97. The minimum absolute atomic E-state index is 0.0738. The van der Waals surface area contributed by atoms with Crippen LogP contribution in [-0.2, 0) is 11.3 Å². The first kappa shape index (κ1) is 24.1. The van der Waals surface area contributed by atoms with Gasteiger partial charge >= 0.3 is 0 Å². The number of nitrogens with one attached hydrogen (secondary N) is 1. The summed E-state index contributed by atoms with van der Waals surface area (Å²) in [5.74, 6) is 1.08. The zero-order chi connectivity index (χ0) is 23.1. The maximum absolute atomic E-state index is 12.6. The van der Waals surface area contributed by atoms with Crippen molar-refractivity contribution >= 4 is 5.91 Å². The summed E-state index contributed by atoms with van der Waals surface area (Å²) in [6.45, 7) is 10.4. The Morgan fingerprint density at radius 1 is 1.03 bits per heavy atom. The molecule has 6 heteroatoms. The minimum Gasteiger partial charge on any atom is -0.497 e. The Balaban J connectivity index is 1.61. The van der Waals surface area contributed by atoms with Crippen molar-refractivity contribution in [2.75, 3.05) is 40.5 Å². The fourth-order valence-corrected chi connectivity index (χ4v) is 4.07. The summed E-state index contributed by atoms with van der Waals surface area (Å²) in [4.78, 5) is 15.1. The van der Waals surface area contributed by atoms with Gasteiger partial charge in [-0.15, -0.1) is 0 Å². The van der Waals surface area contributed by atoms with Crippen LogP contribution in [-0.4, -0.2) is 57.4 Å². The largest absolute Gasteiger partial charge is 0.497 e. The molecule has 0 aliphatic carbocycles. The number of likely N-dealkylation sites (tertiary alicyclic amines) is 1. The highest BCUT2D eigenvalue weighted by Gasteiger charge is 2.23. The van der Waals surface area contributed by atoms with Crippen LogP contribution in [0.25, 0.3) is 0 Å². The topological polar surface area (TPSA) is 60.0 Å². The molecule has 1 heterocycles. The first-order valence-corrected chi connectivity index (χ1v) is 11.3. The lowest BCUT2D eigenvalue weighted by molar-refractivity contribution is 0.0881. The molecule has 0 unspecified atom stereocenters. The lowest BCUT2D eigenvalue weighted by Crippen LogP contribution is -2.38. The van der Waals surface area contributed by atoms with Crippen molar-refractivity contribution in [1.29, 1.82) is 0 Å². The predicted octanol–water partition coefficient (Wildman–Crippen LogP) is 4.04. The SMILES string of the molecule is COCCNC(=O)c1ccc(OC)cc1OC1CCN(Cc2cc(C)c(C)cc2C)CC1. The van der Waals surface area contributed by atoms with Gasteiger partial charge in [0.1, 0.15) is 17.6 Å². The van der Waals surface area contributed by atoms with E-state index in [4.69, 9.17) is 14.2 Å². The number of piperidine rings is 1. The van der Waals surface area contributed by atoms with Gasteiger partial charge in [-0.05, 0) is 68.0 Å². The van der Waals surface area contributed by atoms with Crippen LogP contribution in [0.2, 0.25) is 0 Å². The summed E-state index contributed by atoms with van der Waals surface area (Å²) >= 11 is 0. The van der Waals surface area contributed by atoms with Crippen LogP contribution < -0.4 is 14.8 Å². The Hall–Kier alpha value is -2.57. The molecular formula is C26H36N2O4. The molecule has 0 atom stereocenters. The Morgan fingerprint density at radius 3 is 2.44 bits per heavy atom. The molecule has 0 spiro atoms. The molecule has 0 radical (unpaired) electrons. The first-order valence-electron chi connectivity index (χ1n) is 11.3. The van der Waals surface area contributed by atoms with Crippen LogP contribution in [0.15, 0.2) is 30.3 Å². The number of rotatable bonds is 9. The van der Waals surface area contributed by atoms with Gasteiger partial charge in [-0.25, -0.2) is 0 Å². The van der Waals surface area contributed by atoms with Crippen LogP contribution >= 0.6 is 0 Å². The molecule has 1 saturated heterocycles. The van der Waals surface area contributed by atoms with Gasteiger partial charge in [-0.1, -0.05) is 12.1 Å². The fourth-order valence-electron chi connectivity index (χ4n) is 4.07. The highest BCUT2D eigenvalue weighted by Crippen LogP contribution is 2.28. The summed E-state index contributed by atoms with van der Waals surface area (Å²) < 4.78 is 16.7. The van der Waals surface area contributed by atoms with E-state index in [0.717, 1.165) is 32.5 Å². The summed E-state index contributed by atoms with van der Waals surface area (Å²) in [7, 11) is 3.23. The van der Waals surface area contributed by atoms with Gasteiger partial charge in [0.25, 0.3) is 5.91 Å². The monoisotopic (exact) mass is 440 g/mol. The van der Waals surface area contributed by atoms with E-state index in [0.29, 0.717) is 30.2 Å². The van der Waals surface area contributed by atoms with Crippen LogP contribution in [0.4, 0.5) is 0 Å². The van der Waals surface area contributed by atoms with E-state index in [-0.39, 0.29) is 12.0 Å². The number of aryl methyl sites for hydroxylation is 3. The number of hydrogen-bond donors (Lipinski definition) is 1. The number of nitrogens with zero attached hydrogens (tertiary/aromatic N) is 1. The van der Waals surface area contributed by atoms with Crippen molar-refractivity contribution in [2.24, 2.45) is 0 Å². The van der Waals surface area contributed by atoms with Gasteiger partial charge < -0.3 is 19.5 Å². The average Bonchev–Trinajstić information content (AvgIpc) is 2.78. The van der Waals surface area contributed by atoms with E-state index < -0.39 is 0 Å². The number of carbonyl (C=O) groups is 1. The van der Waals surface area contributed by atoms with Crippen LogP contribution in [0, 0.1) is 20.8 Å². The Kier molecular flexibility index (Phi) is 8.53. The van der Waals surface area contributed by atoms with Gasteiger partial charge in [0.15, 0.2) is 0 Å². The molecule has 6 nitrogen and oxygen atoms in total. The molecule has 1 amide bonds. The average molecular weight is 441 g/mol. The van der Waals surface area contributed by atoms with Crippen molar-refractivity contribution in [3.8, 4) is 11.5 Å². The third kappa shape index (κ3) is 6.24. The zero-order valence-corrected chi connectivity index (χ0v) is 20.0. The second kappa shape index (κ2) is 11.3. The van der Waals surface area contributed by atoms with Crippen molar-refractivity contribution in [1.82, 2.24) is 10.2 Å². The Labute approximate surface area is 191 Å². The number of amides is 1. The van der Waals surface area contributed by atoms with Crippen LogP contribution in [0.5, 0.6) is 11.5 Å². The molecule has 0 bridgehead atoms. The molecule has 2 aromatic carbocycles.